The first-order valence-corrected chi connectivity index (χ1v) is 8.85. The fourth-order valence-corrected chi connectivity index (χ4v) is 2.67. The molecule has 0 saturated carbocycles. The third-order valence-corrected chi connectivity index (χ3v) is 4.12. The molecule has 0 radical (unpaired) electrons. The summed E-state index contributed by atoms with van der Waals surface area (Å²) in [5.41, 5.74) is 1.89. The van der Waals surface area contributed by atoms with Crippen molar-refractivity contribution in [3.63, 3.8) is 0 Å². The SMILES string of the molecule is CCOC(=O)c1ccc(NC(=O)CNC(C)c2cc3ccccc3o2)cc1. The van der Waals surface area contributed by atoms with Crippen molar-refractivity contribution in [2.45, 2.75) is 19.9 Å². The van der Waals surface area contributed by atoms with Gasteiger partial charge in [-0.25, -0.2) is 4.79 Å². The first kappa shape index (κ1) is 18.7. The zero-order valence-corrected chi connectivity index (χ0v) is 15.3. The molecular formula is C21H22N2O4. The minimum atomic E-state index is -0.378. The first-order valence-electron chi connectivity index (χ1n) is 8.85. The van der Waals surface area contributed by atoms with Crippen molar-refractivity contribution in [3.8, 4) is 0 Å². The van der Waals surface area contributed by atoms with Gasteiger partial charge in [0.2, 0.25) is 5.91 Å². The minimum absolute atomic E-state index is 0.102. The van der Waals surface area contributed by atoms with E-state index in [0.717, 1.165) is 16.7 Å². The number of ether oxygens (including phenoxy) is 1. The molecule has 0 aliphatic rings. The second kappa shape index (κ2) is 8.51. The van der Waals surface area contributed by atoms with Gasteiger partial charge >= 0.3 is 5.97 Å². The number of carbonyl (C=O) groups excluding carboxylic acids is 2. The number of esters is 1. The van der Waals surface area contributed by atoms with Crippen LogP contribution in [0.1, 0.15) is 36.0 Å². The van der Waals surface area contributed by atoms with E-state index in [1.165, 1.54) is 0 Å². The summed E-state index contributed by atoms with van der Waals surface area (Å²) < 4.78 is 10.7. The highest BCUT2D eigenvalue weighted by molar-refractivity contribution is 5.94. The molecule has 6 heteroatoms. The fourth-order valence-electron chi connectivity index (χ4n) is 2.67. The van der Waals surface area contributed by atoms with E-state index < -0.39 is 0 Å². The summed E-state index contributed by atoms with van der Waals surface area (Å²) in [6, 6.07) is 16.2. The summed E-state index contributed by atoms with van der Waals surface area (Å²) in [5, 5.41) is 6.97. The van der Waals surface area contributed by atoms with Crippen molar-refractivity contribution in [2.24, 2.45) is 0 Å². The van der Waals surface area contributed by atoms with Crippen LogP contribution in [-0.4, -0.2) is 25.0 Å². The van der Waals surface area contributed by atoms with Gasteiger partial charge in [-0.3, -0.25) is 10.1 Å². The van der Waals surface area contributed by atoms with Crippen LogP contribution in [-0.2, 0) is 9.53 Å². The number of rotatable bonds is 7. The summed E-state index contributed by atoms with van der Waals surface area (Å²) in [7, 11) is 0. The molecule has 0 saturated heterocycles. The van der Waals surface area contributed by atoms with E-state index in [2.05, 4.69) is 10.6 Å². The molecule has 6 nitrogen and oxygen atoms in total. The number of carbonyl (C=O) groups is 2. The summed E-state index contributed by atoms with van der Waals surface area (Å²) in [5.74, 6) is 0.223. The number of hydrogen-bond acceptors (Lipinski definition) is 5. The van der Waals surface area contributed by atoms with Gasteiger partial charge in [0, 0.05) is 11.1 Å². The van der Waals surface area contributed by atoms with Crippen molar-refractivity contribution >= 4 is 28.5 Å². The Kier molecular flexibility index (Phi) is 5.88. The standard InChI is InChI=1S/C21H22N2O4/c1-3-26-21(25)15-8-10-17(11-9-15)23-20(24)13-22-14(2)19-12-16-6-4-5-7-18(16)27-19/h4-12,14,22H,3,13H2,1-2H3,(H,23,24). The van der Waals surface area contributed by atoms with Gasteiger partial charge in [0.05, 0.1) is 24.8 Å². The Labute approximate surface area is 157 Å². The van der Waals surface area contributed by atoms with Gasteiger partial charge < -0.3 is 14.5 Å². The molecule has 1 amide bonds. The Bertz CT molecular complexity index is 898. The van der Waals surface area contributed by atoms with Crippen LogP contribution in [0.15, 0.2) is 59.0 Å². The molecule has 0 aliphatic carbocycles. The molecule has 1 heterocycles. The van der Waals surface area contributed by atoms with Gasteiger partial charge in [-0.2, -0.15) is 0 Å². The van der Waals surface area contributed by atoms with Gasteiger partial charge in [0.25, 0.3) is 0 Å². The Morgan fingerprint density at radius 1 is 1.11 bits per heavy atom. The van der Waals surface area contributed by atoms with Crippen LogP contribution in [0.2, 0.25) is 0 Å². The normalized spacial score (nSPS) is 11.9. The highest BCUT2D eigenvalue weighted by Crippen LogP contribution is 2.23. The highest BCUT2D eigenvalue weighted by atomic mass is 16.5. The molecule has 0 spiro atoms. The monoisotopic (exact) mass is 366 g/mol. The highest BCUT2D eigenvalue weighted by Gasteiger charge is 2.13. The number of para-hydroxylation sites is 1. The average Bonchev–Trinajstić information content (AvgIpc) is 3.11. The molecule has 0 aliphatic heterocycles. The third kappa shape index (κ3) is 4.74. The number of nitrogens with one attached hydrogen (secondary N) is 2. The summed E-state index contributed by atoms with van der Waals surface area (Å²) in [6.45, 7) is 4.16. The maximum absolute atomic E-state index is 12.1. The zero-order valence-electron chi connectivity index (χ0n) is 15.3. The molecule has 1 atom stereocenters. The van der Waals surface area contributed by atoms with Crippen molar-refractivity contribution in [1.29, 1.82) is 0 Å². The van der Waals surface area contributed by atoms with Crippen LogP contribution in [0.25, 0.3) is 11.0 Å². The second-order valence-electron chi connectivity index (χ2n) is 6.14. The number of furan rings is 1. The Morgan fingerprint density at radius 2 is 1.85 bits per heavy atom. The van der Waals surface area contributed by atoms with Crippen molar-refractivity contribution in [1.82, 2.24) is 5.32 Å². The zero-order chi connectivity index (χ0) is 19.2. The van der Waals surface area contributed by atoms with Crippen LogP contribution < -0.4 is 10.6 Å². The van der Waals surface area contributed by atoms with Crippen LogP contribution >= 0.6 is 0 Å². The smallest absolute Gasteiger partial charge is 0.338 e. The summed E-state index contributed by atoms with van der Waals surface area (Å²) >= 11 is 0. The fraction of sp³-hybridized carbons (Fsp3) is 0.238. The largest absolute Gasteiger partial charge is 0.462 e. The van der Waals surface area contributed by atoms with E-state index in [4.69, 9.17) is 9.15 Å². The van der Waals surface area contributed by atoms with Gasteiger partial charge in [-0.05, 0) is 50.2 Å². The Morgan fingerprint density at radius 3 is 2.56 bits per heavy atom. The van der Waals surface area contributed by atoms with Crippen LogP contribution in [0.4, 0.5) is 5.69 Å². The molecule has 1 aromatic heterocycles. The minimum Gasteiger partial charge on any atom is -0.462 e. The van der Waals surface area contributed by atoms with Gasteiger partial charge in [-0.15, -0.1) is 0 Å². The van der Waals surface area contributed by atoms with Crippen LogP contribution in [0.5, 0.6) is 0 Å². The number of fused-ring (bicyclic) bond motifs is 1. The molecule has 1 unspecified atom stereocenters. The molecule has 0 bridgehead atoms. The lowest BCUT2D eigenvalue weighted by atomic mass is 10.2. The maximum Gasteiger partial charge on any atom is 0.338 e. The molecule has 3 aromatic rings. The summed E-state index contributed by atoms with van der Waals surface area (Å²) in [4.78, 5) is 23.8. The predicted molar refractivity (Wildman–Crippen MR) is 104 cm³/mol. The molecular weight excluding hydrogens is 344 g/mol. The number of hydrogen-bond donors (Lipinski definition) is 2. The van der Waals surface area contributed by atoms with E-state index >= 15 is 0 Å². The second-order valence-corrected chi connectivity index (χ2v) is 6.14. The van der Waals surface area contributed by atoms with Crippen LogP contribution in [0.3, 0.4) is 0 Å². The Hall–Kier alpha value is -3.12. The molecule has 0 fully saturated rings. The molecule has 2 N–H and O–H groups in total. The molecule has 3 rings (SSSR count). The van der Waals surface area contributed by atoms with E-state index in [0.29, 0.717) is 17.9 Å². The topological polar surface area (TPSA) is 80.6 Å². The van der Waals surface area contributed by atoms with E-state index in [9.17, 15) is 9.59 Å². The van der Waals surface area contributed by atoms with E-state index in [1.54, 1.807) is 31.2 Å². The van der Waals surface area contributed by atoms with Crippen LogP contribution in [0, 0.1) is 0 Å². The van der Waals surface area contributed by atoms with Crippen molar-refractivity contribution in [3.05, 3.63) is 65.9 Å². The number of benzene rings is 2. The molecule has 2 aromatic carbocycles. The van der Waals surface area contributed by atoms with Gasteiger partial charge in [0.15, 0.2) is 0 Å². The quantitative estimate of drug-likeness (QED) is 0.620. The molecule has 27 heavy (non-hydrogen) atoms. The van der Waals surface area contributed by atoms with Crippen molar-refractivity contribution < 1.29 is 18.7 Å². The maximum atomic E-state index is 12.1. The molecule has 140 valence electrons. The van der Waals surface area contributed by atoms with E-state index in [1.807, 2.05) is 37.3 Å². The third-order valence-electron chi connectivity index (χ3n) is 4.12. The van der Waals surface area contributed by atoms with Gasteiger partial charge in [-0.1, -0.05) is 18.2 Å². The van der Waals surface area contributed by atoms with E-state index in [-0.39, 0.29) is 24.5 Å². The lowest BCUT2D eigenvalue weighted by molar-refractivity contribution is -0.115. The lowest BCUT2D eigenvalue weighted by Crippen LogP contribution is -2.29. The average molecular weight is 366 g/mol. The predicted octanol–water partition coefficient (Wildman–Crippen LogP) is 3.90. The first-order chi connectivity index (χ1) is 13.1. The number of anilines is 1. The van der Waals surface area contributed by atoms with Crippen molar-refractivity contribution in [2.75, 3.05) is 18.5 Å². The lowest BCUT2D eigenvalue weighted by Gasteiger charge is -2.11. The van der Waals surface area contributed by atoms with Gasteiger partial charge in [0.1, 0.15) is 11.3 Å². The number of amides is 1. The Balaban J connectivity index is 1.52. The summed E-state index contributed by atoms with van der Waals surface area (Å²) in [6.07, 6.45) is 0.